The number of carbonyl (C=O) groups excluding carboxylic acids is 3. The van der Waals surface area contributed by atoms with Crippen molar-refractivity contribution >= 4 is 34.9 Å². The molecule has 1 atom stereocenters. The zero-order valence-electron chi connectivity index (χ0n) is 11.2. The Kier molecular flexibility index (Phi) is 4.09. The van der Waals surface area contributed by atoms with Crippen LogP contribution in [0.1, 0.15) is 36.2 Å². The van der Waals surface area contributed by atoms with Crippen molar-refractivity contribution in [3.05, 3.63) is 28.3 Å². The molecular weight excluding hydrogens is 280 g/mol. The molecule has 2 rings (SSSR count). The average Bonchev–Trinajstić information content (AvgIpc) is 2.31. The van der Waals surface area contributed by atoms with Crippen LogP contribution in [0.2, 0.25) is 5.02 Å². The van der Waals surface area contributed by atoms with Crippen molar-refractivity contribution in [2.75, 3.05) is 5.32 Å². The molecule has 0 bridgehead atoms. The predicted molar refractivity (Wildman–Crippen MR) is 76.0 cm³/mol. The van der Waals surface area contributed by atoms with Crippen LogP contribution < -0.4 is 10.6 Å². The SMILES string of the molecule is CC(=O)Nc1cc(Cl)cc2c1C(=O)C(NC(C)=O)CC2. The van der Waals surface area contributed by atoms with E-state index in [9.17, 15) is 14.4 Å². The van der Waals surface area contributed by atoms with Crippen LogP contribution in [-0.2, 0) is 16.0 Å². The number of amides is 2. The van der Waals surface area contributed by atoms with E-state index < -0.39 is 6.04 Å². The van der Waals surface area contributed by atoms with Gasteiger partial charge in [-0.1, -0.05) is 11.6 Å². The van der Waals surface area contributed by atoms with Gasteiger partial charge in [0.2, 0.25) is 11.8 Å². The molecule has 2 amide bonds. The number of Topliss-reactive ketones (excluding diaryl/α,β-unsaturated/α-hetero) is 1. The van der Waals surface area contributed by atoms with Gasteiger partial charge in [-0.25, -0.2) is 0 Å². The van der Waals surface area contributed by atoms with E-state index in [0.717, 1.165) is 5.56 Å². The Balaban J connectivity index is 2.44. The van der Waals surface area contributed by atoms with Crippen LogP contribution in [0.15, 0.2) is 12.1 Å². The zero-order valence-corrected chi connectivity index (χ0v) is 12.0. The first-order valence-electron chi connectivity index (χ1n) is 6.30. The van der Waals surface area contributed by atoms with Crippen LogP contribution in [0.25, 0.3) is 0 Å². The lowest BCUT2D eigenvalue weighted by Gasteiger charge is -2.26. The van der Waals surface area contributed by atoms with Gasteiger partial charge in [-0.05, 0) is 30.5 Å². The summed E-state index contributed by atoms with van der Waals surface area (Å²) < 4.78 is 0. The second-order valence-corrected chi connectivity index (χ2v) is 5.26. The zero-order chi connectivity index (χ0) is 14.9. The maximum atomic E-state index is 12.5. The van der Waals surface area contributed by atoms with Gasteiger partial charge in [0.05, 0.1) is 11.7 Å². The molecule has 0 aromatic heterocycles. The van der Waals surface area contributed by atoms with Crippen molar-refractivity contribution < 1.29 is 14.4 Å². The predicted octanol–water partition coefficient (Wildman–Crippen LogP) is 1.93. The summed E-state index contributed by atoms with van der Waals surface area (Å²) in [7, 11) is 0. The van der Waals surface area contributed by atoms with E-state index in [4.69, 9.17) is 11.6 Å². The minimum absolute atomic E-state index is 0.193. The first-order valence-corrected chi connectivity index (χ1v) is 6.67. The highest BCUT2D eigenvalue weighted by Crippen LogP contribution is 2.31. The maximum absolute atomic E-state index is 12.5. The summed E-state index contributed by atoms with van der Waals surface area (Å²) in [6.07, 6.45) is 1.16. The average molecular weight is 295 g/mol. The molecule has 0 spiro atoms. The summed E-state index contributed by atoms with van der Waals surface area (Å²) in [6.45, 7) is 2.74. The van der Waals surface area contributed by atoms with Crippen molar-refractivity contribution in [1.82, 2.24) is 5.32 Å². The van der Waals surface area contributed by atoms with Crippen LogP contribution in [0.4, 0.5) is 5.69 Å². The Morgan fingerprint density at radius 3 is 2.55 bits per heavy atom. The third-order valence-electron chi connectivity index (χ3n) is 3.14. The largest absolute Gasteiger partial charge is 0.346 e. The second-order valence-electron chi connectivity index (χ2n) is 4.82. The van der Waals surface area contributed by atoms with Gasteiger partial charge in [-0.2, -0.15) is 0 Å². The van der Waals surface area contributed by atoms with Crippen LogP contribution in [-0.4, -0.2) is 23.6 Å². The van der Waals surface area contributed by atoms with E-state index in [1.807, 2.05) is 0 Å². The van der Waals surface area contributed by atoms with Crippen molar-refractivity contribution in [1.29, 1.82) is 0 Å². The van der Waals surface area contributed by atoms with Crippen LogP contribution in [0.5, 0.6) is 0 Å². The number of fused-ring (bicyclic) bond motifs is 1. The normalized spacial score (nSPS) is 17.4. The van der Waals surface area contributed by atoms with E-state index in [-0.39, 0.29) is 17.6 Å². The Bertz CT molecular complexity index is 598. The number of halogens is 1. The summed E-state index contributed by atoms with van der Waals surface area (Å²) in [4.78, 5) is 34.8. The molecule has 0 aliphatic heterocycles. The highest BCUT2D eigenvalue weighted by molar-refractivity contribution is 6.31. The fourth-order valence-corrected chi connectivity index (χ4v) is 2.67. The summed E-state index contributed by atoms with van der Waals surface area (Å²) in [6, 6.07) is 2.73. The summed E-state index contributed by atoms with van der Waals surface area (Å²) in [5.41, 5.74) is 1.64. The number of anilines is 1. The highest BCUT2D eigenvalue weighted by atomic mass is 35.5. The minimum atomic E-state index is -0.548. The van der Waals surface area contributed by atoms with Crippen molar-refractivity contribution in [2.24, 2.45) is 0 Å². The molecule has 0 heterocycles. The Labute approximate surface area is 121 Å². The monoisotopic (exact) mass is 294 g/mol. The smallest absolute Gasteiger partial charge is 0.221 e. The van der Waals surface area contributed by atoms with E-state index in [1.54, 1.807) is 12.1 Å². The van der Waals surface area contributed by atoms with Gasteiger partial charge in [0.25, 0.3) is 0 Å². The van der Waals surface area contributed by atoms with E-state index >= 15 is 0 Å². The quantitative estimate of drug-likeness (QED) is 0.875. The molecule has 0 radical (unpaired) electrons. The lowest BCUT2D eigenvalue weighted by Crippen LogP contribution is -2.43. The molecule has 106 valence electrons. The number of nitrogens with one attached hydrogen (secondary N) is 2. The number of rotatable bonds is 2. The fourth-order valence-electron chi connectivity index (χ4n) is 2.43. The van der Waals surface area contributed by atoms with Crippen molar-refractivity contribution in [3.8, 4) is 0 Å². The molecule has 0 saturated heterocycles. The number of hydrogen-bond acceptors (Lipinski definition) is 3. The van der Waals surface area contributed by atoms with Gasteiger partial charge in [-0.3, -0.25) is 14.4 Å². The first-order chi connectivity index (χ1) is 9.38. The molecule has 1 aromatic rings. The van der Waals surface area contributed by atoms with Gasteiger partial charge in [0, 0.05) is 24.4 Å². The van der Waals surface area contributed by atoms with E-state index in [1.165, 1.54) is 13.8 Å². The minimum Gasteiger partial charge on any atom is -0.346 e. The molecule has 0 saturated carbocycles. The Morgan fingerprint density at radius 2 is 1.95 bits per heavy atom. The first kappa shape index (κ1) is 14.5. The lowest BCUT2D eigenvalue weighted by atomic mass is 9.86. The fraction of sp³-hybridized carbons (Fsp3) is 0.357. The van der Waals surface area contributed by atoms with Gasteiger partial charge in [0.15, 0.2) is 5.78 Å². The summed E-state index contributed by atoms with van der Waals surface area (Å²) >= 11 is 6.00. The number of hydrogen-bond donors (Lipinski definition) is 2. The molecule has 6 heteroatoms. The number of aryl methyl sites for hydroxylation is 1. The van der Waals surface area contributed by atoms with Gasteiger partial charge < -0.3 is 10.6 Å². The van der Waals surface area contributed by atoms with Crippen molar-refractivity contribution in [3.63, 3.8) is 0 Å². The van der Waals surface area contributed by atoms with Crippen LogP contribution >= 0.6 is 11.6 Å². The topological polar surface area (TPSA) is 75.3 Å². The summed E-state index contributed by atoms with van der Waals surface area (Å²) in [5.74, 6) is -0.715. The molecule has 0 fully saturated rings. The van der Waals surface area contributed by atoms with E-state index in [0.29, 0.717) is 29.1 Å². The molecule has 2 N–H and O–H groups in total. The third-order valence-corrected chi connectivity index (χ3v) is 3.36. The molecule has 5 nitrogen and oxygen atoms in total. The molecule has 1 unspecified atom stereocenters. The number of carbonyl (C=O) groups is 3. The second kappa shape index (κ2) is 5.63. The molecule has 1 aromatic carbocycles. The Hall–Kier alpha value is -1.88. The molecule has 1 aliphatic rings. The van der Waals surface area contributed by atoms with Gasteiger partial charge in [0.1, 0.15) is 0 Å². The number of ketones is 1. The van der Waals surface area contributed by atoms with Gasteiger partial charge in [-0.15, -0.1) is 0 Å². The number of benzene rings is 1. The standard InChI is InChI=1S/C14H15ClN2O3/c1-7(18)16-11-4-3-9-5-10(15)6-12(17-8(2)19)13(9)14(11)20/h5-6,11H,3-4H2,1-2H3,(H,16,18)(H,17,19). The van der Waals surface area contributed by atoms with Gasteiger partial charge >= 0.3 is 0 Å². The van der Waals surface area contributed by atoms with Crippen LogP contribution in [0, 0.1) is 0 Å². The molecular formula is C14H15ClN2O3. The van der Waals surface area contributed by atoms with E-state index in [2.05, 4.69) is 10.6 Å². The third kappa shape index (κ3) is 2.99. The van der Waals surface area contributed by atoms with Crippen LogP contribution in [0.3, 0.4) is 0 Å². The van der Waals surface area contributed by atoms with Crippen molar-refractivity contribution in [2.45, 2.75) is 32.7 Å². The molecule has 1 aliphatic carbocycles. The Morgan fingerprint density at radius 1 is 1.25 bits per heavy atom. The highest BCUT2D eigenvalue weighted by Gasteiger charge is 2.30. The maximum Gasteiger partial charge on any atom is 0.221 e. The molecule has 20 heavy (non-hydrogen) atoms. The summed E-state index contributed by atoms with van der Waals surface area (Å²) in [5, 5.41) is 5.73. The lowest BCUT2D eigenvalue weighted by molar-refractivity contribution is -0.119.